The minimum absolute atomic E-state index is 0.0791. The Balaban J connectivity index is 1.67. The molecule has 9 heteroatoms. The second kappa shape index (κ2) is 9.80. The fourth-order valence-electron chi connectivity index (χ4n) is 3.73. The molecule has 0 unspecified atom stereocenters. The molecule has 2 aromatic carbocycles. The number of benzene rings is 2. The maximum atomic E-state index is 13.5. The van der Waals surface area contributed by atoms with Crippen LogP contribution >= 0.6 is 11.8 Å². The van der Waals surface area contributed by atoms with Crippen LogP contribution in [0.4, 0.5) is 10.1 Å². The zero-order chi connectivity index (χ0) is 24.4. The Kier molecular flexibility index (Phi) is 6.83. The van der Waals surface area contributed by atoms with Crippen molar-refractivity contribution in [3.8, 4) is 0 Å². The highest BCUT2D eigenvalue weighted by Crippen LogP contribution is 2.22. The number of halogens is 1. The molecule has 2 heterocycles. The summed E-state index contributed by atoms with van der Waals surface area (Å²) in [5, 5.41) is 7.80. The first-order chi connectivity index (χ1) is 16.3. The topological polar surface area (TPSA) is 81.8 Å². The first-order valence-corrected chi connectivity index (χ1v) is 12.0. The number of thioether (sulfide) groups is 1. The molecule has 2 aromatic heterocycles. The number of amides is 1. The molecule has 0 aliphatic carbocycles. The molecule has 0 saturated carbocycles. The Labute approximate surface area is 201 Å². The van der Waals surface area contributed by atoms with E-state index in [4.69, 9.17) is 4.98 Å². The number of nitrogens with zero attached hydrogens (tertiary/aromatic N) is 4. The van der Waals surface area contributed by atoms with E-state index in [1.165, 1.54) is 28.5 Å². The van der Waals surface area contributed by atoms with Crippen LogP contribution in [0, 0.1) is 26.6 Å². The lowest BCUT2D eigenvalue weighted by Crippen LogP contribution is -2.26. The van der Waals surface area contributed by atoms with Crippen molar-refractivity contribution in [2.45, 2.75) is 45.9 Å². The van der Waals surface area contributed by atoms with Gasteiger partial charge in [-0.15, -0.1) is 0 Å². The molecule has 0 fully saturated rings. The number of nitrogens with one attached hydrogen (secondary N) is 1. The lowest BCUT2D eigenvalue weighted by molar-refractivity contribution is -0.113. The van der Waals surface area contributed by atoms with Crippen molar-refractivity contribution in [2.24, 2.45) is 0 Å². The molecule has 0 radical (unpaired) electrons. The van der Waals surface area contributed by atoms with Gasteiger partial charge in [0.2, 0.25) is 5.91 Å². The van der Waals surface area contributed by atoms with Crippen molar-refractivity contribution >= 4 is 34.4 Å². The van der Waals surface area contributed by atoms with E-state index in [1.54, 1.807) is 16.8 Å². The van der Waals surface area contributed by atoms with E-state index in [0.717, 1.165) is 22.4 Å². The molecule has 0 bridgehead atoms. The van der Waals surface area contributed by atoms with Gasteiger partial charge in [-0.05, 0) is 62.6 Å². The zero-order valence-corrected chi connectivity index (χ0v) is 20.4. The number of hydrogen-bond acceptors (Lipinski definition) is 5. The normalized spacial score (nSPS) is 11.2. The third kappa shape index (κ3) is 4.89. The van der Waals surface area contributed by atoms with Gasteiger partial charge in [-0.2, -0.15) is 5.10 Å². The van der Waals surface area contributed by atoms with Gasteiger partial charge in [0.05, 0.1) is 18.0 Å². The summed E-state index contributed by atoms with van der Waals surface area (Å²) in [6, 6.07) is 11.9. The van der Waals surface area contributed by atoms with Crippen LogP contribution in [0.15, 0.2) is 52.4 Å². The average Bonchev–Trinajstić information content (AvgIpc) is 3.14. The lowest BCUT2D eigenvalue weighted by Gasteiger charge is -2.13. The van der Waals surface area contributed by atoms with E-state index in [-0.39, 0.29) is 29.6 Å². The van der Waals surface area contributed by atoms with Crippen molar-refractivity contribution in [3.63, 3.8) is 0 Å². The molecular formula is C25H26FN5O2S. The number of rotatable bonds is 7. The second-order valence-electron chi connectivity index (χ2n) is 8.17. The monoisotopic (exact) mass is 479 g/mol. The number of hydrogen-bond donors (Lipinski definition) is 1. The molecule has 0 saturated heterocycles. The number of aromatic nitrogens is 4. The second-order valence-corrected chi connectivity index (χ2v) is 9.11. The minimum Gasteiger partial charge on any atom is -0.325 e. The van der Waals surface area contributed by atoms with Crippen molar-refractivity contribution in [1.29, 1.82) is 0 Å². The van der Waals surface area contributed by atoms with E-state index < -0.39 is 0 Å². The predicted octanol–water partition coefficient (Wildman–Crippen LogP) is 4.46. The van der Waals surface area contributed by atoms with E-state index in [9.17, 15) is 14.0 Å². The van der Waals surface area contributed by atoms with Gasteiger partial charge in [0, 0.05) is 12.2 Å². The summed E-state index contributed by atoms with van der Waals surface area (Å²) in [4.78, 5) is 30.9. The van der Waals surface area contributed by atoms with E-state index in [1.807, 2.05) is 45.9 Å². The van der Waals surface area contributed by atoms with Crippen molar-refractivity contribution < 1.29 is 9.18 Å². The molecule has 7 nitrogen and oxygen atoms in total. The number of fused-ring (bicyclic) bond motifs is 1. The van der Waals surface area contributed by atoms with Crippen molar-refractivity contribution in [1.82, 2.24) is 19.3 Å². The summed E-state index contributed by atoms with van der Waals surface area (Å²) >= 11 is 1.19. The summed E-state index contributed by atoms with van der Waals surface area (Å²) in [7, 11) is 0. The Morgan fingerprint density at radius 3 is 2.56 bits per heavy atom. The van der Waals surface area contributed by atoms with Gasteiger partial charge in [-0.1, -0.05) is 36.0 Å². The van der Waals surface area contributed by atoms with Crippen LogP contribution in [-0.2, 0) is 17.9 Å². The molecular weight excluding hydrogens is 453 g/mol. The van der Waals surface area contributed by atoms with E-state index in [2.05, 4.69) is 10.4 Å². The molecule has 0 aliphatic rings. The van der Waals surface area contributed by atoms with Crippen LogP contribution in [0.5, 0.6) is 0 Å². The summed E-state index contributed by atoms with van der Waals surface area (Å²) in [5.41, 5.74) is 4.91. The van der Waals surface area contributed by atoms with Crippen LogP contribution in [0.25, 0.3) is 11.0 Å². The molecule has 176 valence electrons. The van der Waals surface area contributed by atoms with Gasteiger partial charge in [-0.3, -0.25) is 18.8 Å². The molecule has 4 aromatic rings. The van der Waals surface area contributed by atoms with Crippen molar-refractivity contribution in [2.75, 3.05) is 11.1 Å². The van der Waals surface area contributed by atoms with Crippen LogP contribution in [0.1, 0.15) is 29.3 Å². The first kappa shape index (κ1) is 23.7. The molecule has 0 atom stereocenters. The van der Waals surface area contributed by atoms with E-state index >= 15 is 0 Å². The van der Waals surface area contributed by atoms with E-state index in [0.29, 0.717) is 28.4 Å². The summed E-state index contributed by atoms with van der Waals surface area (Å²) < 4.78 is 16.6. The molecule has 1 N–H and O–H groups in total. The van der Waals surface area contributed by atoms with Crippen LogP contribution in [-0.4, -0.2) is 31.0 Å². The number of aryl methyl sites for hydroxylation is 4. The van der Waals surface area contributed by atoms with Gasteiger partial charge in [0.15, 0.2) is 10.7 Å². The quantitative estimate of drug-likeness (QED) is 0.313. The van der Waals surface area contributed by atoms with Gasteiger partial charge >= 0.3 is 0 Å². The molecule has 4 rings (SSSR count). The van der Waals surface area contributed by atoms with Crippen LogP contribution < -0.4 is 10.9 Å². The highest BCUT2D eigenvalue weighted by atomic mass is 32.2. The molecule has 1 amide bonds. The molecule has 0 spiro atoms. The summed E-state index contributed by atoms with van der Waals surface area (Å²) in [5.74, 6) is -0.458. The smallest absolute Gasteiger partial charge is 0.280 e. The zero-order valence-electron chi connectivity index (χ0n) is 19.6. The largest absolute Gasteiger partial charge is 0.325 e. The maximum absolute atomic E-state index is 13.5. The Bertz CT molecular complexity index is 1430. The number of carbonyl (C=O) groups is 1. The highest BCUT2D eigenvalue weighted by molar-refractivity contribution is 7.99. The third-order valence-electron chi connectivity index (χ3n) is 5.53. The van der Waals surface area contributed by atoms with Gasteiger partial charge in [0.1, 0.15) is 11.3 Å². The highest BCUT2D eigenvalue weighted by Gasteiger charge is 2.19. The average molecular weight is 480 g/mol. The SMILES string of the molecule is CCn1nc(C)c2nc(SCC(=O)Nc3cc(C)ccc3C)n(Cc3ccc(F)cc3)c(=O)c21. The number of carbonyl (C=O) groups excluding carboxylic acids is 1. The Morgan fingerprint density at radius 1 is 1.12 bits per heavy atom. The summed E-state index contributed by atoms with van der Waals surface area (Å²) in [6.07, 6.45) is 0. The molecule has 34 heavy (non-hydrogen) atoms. The fraction of sp³-hybridized carbons (Fsp3) is 0.280. The summed E-state index contributed by atoms with van der Waals surface area (Å²) in [6.45, 7) is 8.37. The van der Waals surface area contributed by atoms with Crippen molar-refractivity contribution in [3.05, 3.63) is 81.0 Å². The third-order valence-corrected chi connectivity index (χ3v) is 6.51. The molecule has 0 aliphatic heterocycles. The predicted molar refractivity (Wildman–Crippen MR) is 133 cm³/mol. The van der Waals surface area contributed by atoms with Crippen LogP contribution in [0.3, 0.4) is 0 Å². The Hall–Kier alpha value is -3.46. The van der Waals surface area contributed by atoms with Gasteiger partial charge in [0.25, 0.3) is 5.56 Å². The Morgan fingerprint density at radius 2 is 1.85 bits per heavy atom. The lowest BCUT2D eigenvalue weighted by atomic mass is 10.1. The number of anilines is 1. The fourth-order valence-corrected chi connectivity index (χ4v) is 4.52. The maximum Gasteiger partial charge on any atom is 0.280 e. The van der Waals surface area contributed by atoms with Gasteiger partial charge in [-0.25, -0.2) is 9.37 Å². The van der Waals surface area contributed by atoms with Crippen LogP contribution in [0.2, 0.25) is 0 Å². The minimum atomic E-state index is -0.345. The first-order valence-electron chi connectivity index (χ1n) is 11.0. The standard InChI is InChI=1S/C25H26FN5O2S/c1-5-31-23-22(17(4)29-31)28-25(30(24(23)33)13-18-8-10-19(26)11-9-18)34-14-21(32)27-20-12-15(2)6-7-16(20)3/h6-12H,5,13-14H2,1-4H3,(H,27,32). The van der Waals surface area contributed by atoms with Gasteiger partial charge < -0.3 is 5.32 Å².